The molecule has 0 N–H and O–H groups in total. The fourth-order valence-corrected chi connectivity index (χ4v) is 3.59. The third kappa shape index (κ3) is 1.83. The van der Waals surface area contributed by atoms with Gasteiger partial charge in [-0.2, -0.15) is 0 Å². The summed E-state index contributed by atoms with van der Waals surface area (Å²) < 4.78 is 12.2. The Labute approximate surface area is 119 Å². The van der Waals surface area contributed by atoms with Gasteiger partial charge in [-0.1, -0.05) is 0 Å². The molecule has 3 rings (SSSR count). The van der Waals surface area contributed by atoms with Crippen LogP contribution < -0.4 is 9.47 Å². The maximum absolute atomic E-state index is 5.94. The van der Waals surface area contributed by atoms with Crippen molar-refractivity contribution in [1.29, 1.82) is 0 Å². The highest BCUT2D eigenvalue weighted by Crippen LogP contribution is 2.46. The van der Waals surface area contributed by atoms with E-state index in [1.54, 1.807) is 38.0 Å². The normalized spacial score (nSPS) is 11.1. The third-order valence-corrected chi connectivity index (χ3v) is 4.66. The van der Waals surface area contributed by atoms with Crippen LogP contribution in [0.25, 0.3) is 20.9 Å². The second kappa shape index (κ2) is 4.87. The highest BCUT2D eigenvalue weighted by Gasteiger charge is 2.17. The van der Waals surface area contributed by atoms with Crippen molar-refractivity contribution >= 4 is 43.8 Å². The zero-order chi connectivity index (χ0) is 13.4. The van der Waals surface area contributed by atoms with Crippen LogP contribution in [0, 0.1) is 0 Å². The number of alkyl halides is 1. The summed E-state index contributed by atoms with van der Waals surface area (Å²) in [6.07, 6.45) is 3.56. The molecule has 98 valence electrons. The van der Waals surface area contributed by atoms with Crippen molar-refractivity contribution in [3.8, 4) is 11.5 Å². The van der Waals surface area contributed by atoms with E-state index in [9.17, 15) is 0 Å². The summed E-state index contributed by atoms with van der Waals surface area (Å²) in [5, 5.41) is 2.98. The Kier molecular flexibility index (Phi) is 3.21. The van der Waals surface area contributed by atoms with Gasteiger partial charge in [0.25, 0.3) is 0 Å². The van der Waals surface area contributed by atoms with Gasteiger partial charge in [-0.15, -0.1) is 22.9 Å². The molecule has 0 aliphatic carbocycles. The highest BCUT2D eigenvalue weighted by molar-refractivity contribution is 7.19. The van der Waals surface area contributed by atoms with Crippen LogP contribution in [-0.2, 0) is 5.88 Å². The van der Waals surface area contributed by atoms with Gasteiger partial charge in [0.15, 0.2) is 0 Å². The molecule has 0 spiro atoms. The van der Waals surface area contributed by atoms with Crippen molar-refractivity contribution in [3.63, 3.8) is 0 Å². The SMILES string of the molecule is COc1c2cnccc2c(OC)c2sc(CCl)cc12. The largest absolute Gasteiger partial charge is 0.495 e. The van der Waals surface area contributed by atoms with Crippen molar-refractivity contribution in [2.45, 2.75) is 5.88 Å². The predicted octanol–water partition coefficient (Wildman–Crippen LogP) is 4.21. The van der Waals surface area contributed by atoms with E-state index in [2.05, 4.69) is 11.1 Å². The van der Waals surface area contributed by atoms with Crippen LogP contribution >= 0.6 is 22.9 Å². The van der Waals surface area contributed by atoms with Crippen LogP contribution in [0.1, 0.15) is 4.88 Å². The smallest absolute Gasteiger partial charge is 0.144 e. The van der Waals surface area contributed by atoms with E-state index in [-0.39, 0.29) is 0 Å². The summed E-state index contributed by atoms with van der Waals surface area (Å²) >= 11 is 7.57. The van der Waals surface area contributed by atoms with Gasteiger partial charge >= 0.3 is 0 Å². The first kappa shape index (κ1) is 12.5. The molecule has 0 unspecified atom stereocenters. The van der Waals surface area contributed by atoms with Crippen LogP contribution in [0.3, 0.4) is 0 Å². The van der Waals surface area contributed by atoms with Crippen LogP contribution in [0.4, 0.5) is 0 Å². The lowest BCUT2D eigenvalue weighted by Crippen LogP contribution is -1.91. The summed E-state index contributed by atoms with van der Waals surface area (Å²) in [5.74, 6) is 2.17. The first-order valence-corrected chi connectivity index (χ1v) is 7.11. The van der Waals surface area contributed by atoms with Crippen molar-refractivity contribution in [3.05, 3.63) is 29.4 Å². The molecule has 2 aromatic heterocycles. The number of aromatic nitrogens is 1. The van der Waals surface area contributed by atoms with E-state index >= 15 is 0 Å². The van der Waals surface area contributed by atoms with Gasteiger partial charge in [0.2, 0.25) is 0 Å². The summed E-state index contributed by atoms with van der Waals surface area (Å²) in [5.41, 5.74) is 0. The average Bonchev–Trinajstić information content (AvgIpc) is 2.88. The Balaban J connectivity index is 2.54. The third-order valence-electron chi connectivity index (χ3n) is 3.08. The number of nitrogens with zero attached hydrogens (tertiary/aromatic N) is 1. The molecule has 0 atom stereocenters. The summed E-state index contributed by atoms with van der Waals surface area (Å²) in [6.45, 7) is 0. The number of ether oxygens (including phenoxy) is 2. The number of pyridine rings is 1. The lowest BCUT2D eigenvalue weighted by atomic mass is 10.1. The van der Waals surface area contributed by atoms with Crippen molar-refractivity contribution in [1.82, 2.24) is 4.98 Å². The molecule has 1 aromatic carbocycles. The zero-order valence-electron chi connectivity index (χ0n) is 10.6. The summed E-state index contributed by atoms with van der Waals surface area (Å²) in [7, 11) is 3.35. The van der Waals surface area contributed by atoms with Crippen LogP contribution in [-0.4, -0.2) is 19.2 Å². The number of rotatable bonds is 3. The van der Waals surface area contributed by atoms with Crippen molar-refractivity contribution < 1.29 is 9.47 Å². The lowest BCUT2D eigenvalue weighted by Gasteiger charge is -2.11. The second-order valence-corrected chi connectivity index (χ2v) is 5.48. The number of hydrogen-bond donors (Lipinski definition) is 0. The van der Waals surface area contributed by atoms with E-state index in [0.717, 1.165) is 37.2 Å². The van der Waals surface area contributed by atoms with Gasteiger partial charge in [-0.05, 0) is 12.1 Å². The first-order chi connectivity index (χ1) is 9.30. The Hall–Kier alpha value is -1.52. The molecular weight excluding hydrogens is 282 g/mol. The number of thiophene rings is 1. The second-order valence-electron chi connectivity index (χ2n) is 4.08. The minimum atomic E-state index is 0.486. The van der Waals surface area contributed by atoms with E-state index in [0.29, 0.717) is 5.88 Å². The Morgan fingerprint density at radius 1 is 1.16 bits per heavy atom. The van der Waals surface area contributed by atoms with Crippen molar-refractivity contribution in [2.24, 2.45) is 0 Å². The quantitative estimate of drug-likeness (QED) is 0.678. The maximum Gasteiger partial charge on any atom is 0.144 e. The first-order valence-electron chi connectivity index (χ1n) is 5.76. The zero-order valence-corrected chi connectivity index (χ0v) is 12.1. The average molecular weight is 294 g/mol. The lowest BCUT2D eigenvalue weighted by molar-refractivity contribution is 0.418. The number of hydrogen-bond acceptors (Lipinski definition) is 4. The van der Waals surface area contributed by atoms with Gasteiger partial charge < -0.3 is 9.47 Å². The molecule has 0 radical (unpaired) electrons. The van der Waals surface area contributed by atoms with E-state index in [4.69, 9.17) is 21.1 Å². The number of halogens is 1. The van der Waals surface area contributed by atoms with Gasteiger partial charge in [-0.3, -0.25) is 4.98 Å². The minimum Gasteiger partial charge on any atom is -0.495 e. The summed E-state index contributed by atoms with van der Waals surface area (Å²) in [4.78, 5) is 5.27. The van der Waals surface area contributed by atoms with Crippen LogP contribution in [0.15, 0.2) is 24.5 Å². The van der Waals surface area contributed by atoms with Crippen LogP contribution in [0.2, 0.25) is 0 Å². The van der Waals surface area contributed by atoms with E-state index in [1.165, 1.54) is 0 Å². The van der Waals surface area contributed by atoms with E-state index < -0.39 is 0 Å². The van der Waals surface area contributed by atoms with Gasteiger partial charge in [0, 0.05) is 33.4 Å². The van der Waals surface area contributed by atoms with E-state index in [1.807, 2.05) is 6.07 Å². The number of benzene rings is 1. The fourth-order valence-electron chi connectivity index (χ4n) is 2.31. The number of methoxy groups -OCH3 is 2. The molecule has 0 fully saturated rings. The monoisotopic (exact) mass is 293 g/mol. The molecule has 5 heteroatoms. The Bertz CT molecular complexity index is 693. The Morgan fingerprint density at radius 2 is 1.95 bits per heavy atom. The molecular formula is C14H12ClNO2S. The molecule has 0 bridgehead atoms. The number of fused-ring (bicyclic) bond motifs is 2. The molecule has 0 amide bonds. The summed E-state index contributed by atoms with van der Waals surface area (Å²) in [6, 6.07) is 4.00. The molecule has 3 aromatic rings. The molecule has 0 saturated carbocycles. The van der Waals surface area contributed by atoms with Gasteiger partial charge in [0.1, 0.15) is 11.5 Å². The molecule has 0 saturated heterocycles. The topological polar surface area (TPSA) is 31.4 Å². The fraction of sp³-hybridized carbons (Fsp3) is 0.214. The maximum atomic E-state index is 5.94. The van der Waals surface area contributed by atoms with Crippen LogP contribution in [0.5, 0.6) is 11.5 Å². The molecule has 0 aliphatic rings. The highest BCUT2D eigenvalue weighted by atomic mass is 35.5. The molecule has 2 heterocycles. The molecule has 0 aliphatic heterocycles. The van der Waals surface area contributed by atoms with Gasteiger partial charge in [-0.25, -0.2) is 0 Å². The standard InChI is InChI=1S/C14H12ClNO2S/c1-17-12-10-5-8(6-15)19-14(10)13(18-2)9-3-4-16-7-11(9)12/h3-5,7H,6H2,1-2H3. The Morgan fingerprint density at radius 3 is 2.63 bits per heavy atom. The van der Waals surface area contributed by atoms with Crippen molar-refractivity contribution in [2.75, 3.05) is 14.2 Å². The van der Waals surface area contributed by atoms with Gasteiger partial charge in [0.05, 0.1) is 24.8 Å². The molecule has 3 nitrogen and oxygen atoms in total. The minimum absolute atomic E-state index is 0.486. The molecule has 19 heavy (non-hydrogen) atoms. The predicted molar refractivity (Wildman–Crippen MR) is 79.8 cm³/mol.